The number of nitrogens with one attached hydrogen (secondary N) is 1. The van der Waals surface area contributed by atoms with Crippen LogP contribution in [0.3, 0.4) is 0 Å². The lowest BCUT2D eigenvalue weighted by Gasteiger charge is -2.17. The van der Waals surface area contributed by atoms with E-state index in [0.717, 1.165) is 0 Å². The Kier molecular flexibility index (Phi) is 3.44. The van der Waals surface area contributed by atoms with Crippen molar-refractivity contribution in [3.8, 4) is 0 Å². The highest BCUT2D eigenvalue weighted by Gasteiger charge is 2.33. The number of nitrogens with two attached hydrogens (primary N) is 1. The van der Waals surface area contributed by atoms with Gasteiger partial charge in [-0.2, -0.15) is 0 Å². The summed E-state index contributed by atoms with van der Waals surface area (Å²) in [5, 5.41) is 11.6. The smallest absolute Gasteiger partial charge is 0.310 e. The molecule has 6 heteroatoms. The van der Waals surface area contributed by atoms with Crippen molar-refractivity contribution in [2.75, 3.05) is 13.2 Å². The van der Waals surface area contributed by atoms with Gasteiger partial charge in [-0.25, -0.2) is 0 Å². The highest BCUT2D eigenvalue weighted by Crippen LogP contribution is 2.19. The van der Waals surface area contributed by atoms with Crippen LogP contribution in [-0.4, -0.2) is 42.3 Å². The highest BCUT2D eigenvalue weighted by atomic mass is 16.5. The van der Waals surface area contributed by atoms with Crippen molar-refractivity contribution < 1.29 is 19.4 Å². The predicted molar refractivity (Wildman–Crippen MR) is 59.1 cm³/mol. The highest BCUT2D eigenvalue weighted by molar-refractivity contribution is 5.81. The van der Waals surface area contributed by atoms with Gasteiger partial charge in [-0.15, -0.1) is 0 Å². The van der Waals surface area contributed by atoms with Crippen LogP contribution >= 0.6 is 0 Å². The first-order valence-corrected chi connectivity index (χ1v) is 5.62. The number of carbonyl (C=O) groups is 2. The van der Waals surface area contributed by atoms with Crippen LogP contribution in [0.15, 0.2) is 12.2 Å². The van der Waals surface area contributed by atoms with Crippen LogP contribution in [0.1, 0.15) is 6.42 Å². The van der Waals surface area contributed by atoms with Crippen molar-refractivity contribution in [3.63, 3.8) is 0 Å². The van der Waals surface area contributed by atoms with Crippen LogP contribution in [0.25, 0.3) is 0 Å². The minimum Gasteiger partial charge on any atom is -0.481 e. The fraction of sp³-hybridized carbons (Fsp3) is 0.636. The standard InChI is InChI=1S/C11H16N2O4/c12-9-5-17-4-8(9)10(14)13-7-2-1-6(3-7)11(15)16/h1-2,6-9H,3-5,12H2,(H,13,14)(H,15,16). The zero-order valence-corrected chi connectivity index (χ0v) is 9.33. The van der Waals surface area contributed by atoms with Crippen molar-refractivity contribution in [2.24, 2.45) is 17.6 Å². The third-order valence-electron chi connectivity index (χ3n) is 3.19. The van der Waals surface area contributed by atoms with Gasteiger partial charge in [0.05, 0.1) is 25.0 Å². The lowest BCUT2D eigenvalue weighted by molar-refractivity contribution is -0.140. The van der Waals surface area contributed by atoms with Gasteiger partial charge in [0, 0.05) is 12.1 Å². The quantitative estimate of drug-likeness (QED) is 0.555. The van der Waals surface area contributed by atoms with E-state index in [1.165, 1.54) is 0 Å². The average molecular weight is 240 g/mol. The van der Waals surface area contributed by atoms with E-state index in [4.69, 9.17) is 15.6 Å². The molecule has 4 atom stereocenters. The summed E-state index contributed by atoms with van der Waals surface area (Å²) in [5.74, 6) is -1.85. The molecule has 1 fully saturated rings. The van der Waals surface area contributed by atoms with Crippen LogP contribution in [0.5, 0.6) is 0 Å². The van der Waals surface area contributed by atoms with Gasteiger partial charge in [-0.3, -0.25) is 9.59 Å². The number of carboxylic acids is 1. The van der Waals surface area contributed by atoms with Gasteiger partial charge in [-0.05, 0) is 6.42 Å². The summed E-state index contributed by atoms with van der Waals surface area (Å²) in [6.45, 7) is 0.738. The monoisotopic (exact) mass is 240 g/mol. The lowest BCUT2D eigenvalue weighted by Crippen LogP contribution is -2.44. The molecule has 94 valence electrons. The summed E-state index contributed by atoms with van der Waals surface area (Å²) in [6, 6.07) is -0.480. The number of carboxylic acid groups (broad SMARTS) is 1. The molecule has 4 unspecified atom stereocenters. The summed E-state index contributed by atoms with van der Waals surface area (Å²) in [6.07, 6.45) is 3.74. The maximum Gasteiger partial charge on any atom is 0.310 e. The third kappa shape index (κ3) is 2.65. The second-order valence-corrected chi connectivity index (χ2v) is 4.49. The van der Waals surface area contributed by atoms with E-state index in [1.54, 1.807) is 12.2 Å². The van der Waals surface area contributed by atoms with E-state index in [1.807, 2.05) is 0 Å². The largest absolute Gasteiger partial charge is 0.481 e. The van der Waals surface area contributed by atoms with Crippen molar-refractivity contribution in [1.29, 1.82) is 0 Å². The molecule has 0 aromatic heterocycles. The van der Waals surface area contributed by atoms with Gasteiger partial charge in [0.15, 0.2) is 0 Å². The Balaban J connectivity index is 1.84. The molecule has 1 saturated heterocycles. The van der Waals surface area contributed by atoms with Crippen LogP contribution in [0.4, 0.5) is 0 Å². The molecule has 0 radical (unpaired) electrons. The van der Waals surface area contributed by atoms with Crippen molar-refractivity contribution in [1.82, 2.24) is 5.32 Å². The first-order chi connectivity index (χ1) is 8.08. The van der Waals surface area contributed by atoms with E-state index < -0.39 is 11.9 Å². The molecule has 17 heavy (non-hydrogen) atoms. The SMILES string of the molecule is NC1COCC1C(=O)NC1C=CC(C(=O)O)C1. The first-order valence-electron chi connectivity index (χ1n) is 5.62. The van der Waals surface area contributed by atoms with Crippen LogP contribution in [0, 0.1) is 11.8 Å². The van der Waals surface area contributed by atoms with Gasteiger partial charge in [0.2, 0.25) is 5.91 Å². The molecule has 0 saturated carbocycles. The van der Waals surface area contributed by atoms with Crippen LogP contribution in [0.2, 0.25) is 0 Å². The molecular formula is C11H16N2O4. The molecule has 0 aromatic carbocycles. The van der Waals surface area contributed by atoms with Crippen LogP contribution < -0.4 is 11.1 Å². The van der Waals surface area contributed by atoms with E-state index in [0.29, 0.717) is 19.6 Å². The summed E-state index contributed by atoms with van der Waals surface area (Å²) in [5.41, 5.74) is 5.73. The van der Waals surface area contributed by atoms with Gasteiger partial charge in [-0.1, -0.05) is 12.2 Å². The fourth-order valence-electron chi connectivity index (χ4n) is 2.12. The summed E-state index contributed by atoms with van der Waals surface area (Å²) in [4.78, 5) is 22.6. The summed E-state index contributed by atoms with van der Waals surface area (Å²) in [7, 11) is 0. The number of rotatable bonds is 3. The lowest BCUT2D eigenvalue weighted by atomic mass is 10.0. The zero-order chi connectivity index (χ0) is 12.4. The topological polar surface area (TPSA) is 102 Å². The molecule has 6 nitrogen and oxygen atoms in total. The fourth-order valence-corrected chi connectivity index (χ4v) is 2.12. The molecule has 2 rings (SSSR count). The molecule has 0 bridgehead atoms. The molecule has 1 aliphatic carbocycles. The van der Waals surface area contributed by atoms with Gasteiger partial charge >= 0.3 is 5.97 Å². The third-order valence-corrected chi connectivity index (χ3v) is 3.19. The molecule has 2 aliphatic rings. The van der Waals surface area contributed by atoms with Crippen molar-refractivity contribution in [2.45, 2.75) is 18.5 Å². The molecule has 1 aliphatic heterocycles. The predicted octanol–water partition coefficient (Wildman–Crippen LogP) is -0.894. The number of hydrogen-bond acceptors (Lipinski definition) is 4. The molecule has 1 amide bonds. The molecule has 0 spiro atoms. The molecule has 4 N–H and O–H groups in total. The minimum atomic E-state index is -0.862. The average Bonchev–Trinajstić information content (AvgIpc) is 2.86. The Bertz CT molecular complexity index is 355. The Morgan fingerprint density at radius 1 is 1.35 bits per heavy atom. The normalized spacial score (nSPS) is 36.1. The van der Waals surface area contributed by atoms with Crippen molar-refractivity contribution in [3.05, 3.63) is 12.2 Å². The van der Waals surface area contributed by atoms with Gasteiger partial charge < -0.3 is 20.9 Å². The van der Waals surface area contributed by atoms with Gasteiger partial charge in [0.1, 0.15) is 0 Å². The number of carbonyl (C=O) groups excluding carboxylic acids is 1. The Morgan fingerprint density at radius 2 is 2.12 bits per heavy atom. The Hall–Kier alpha value is -1.40. The number of hydrogen-bond donors (Lipinski definition) is 3. The Labute approximate surface area is 98.8 Å². The maximum absolute atomic E-state index is 11.8. The summed E-state index contributed by atoms with van der Waals surface area (Å²) < 4.78 is 5.12. The van der Waals surface area contributed by atoms with E-state index in [9.17, 15) is 9.59 Å². The number of amides is 1. The molecule has 0 aromatic rings. The number of aliphatic carboxylic acids is 1. The second kappa shape index (κ2) is 4.85. The minimum absolute atomic E-state index is 0.157. The molecular weight excluding hydrogens is 224 g/mol. The van der Waals surface area contributed by atoms with Crippen LogP contribution in [-0.2, 0) is 14.3 Å². The first kappa shape index (κ1) is 12.1. The van der Waals surface area contributed by atoms with Gasteiger partial charge in [0.25, 0.3) is 0 Å². The maximum atomic E-state index is 11.8. The second-order valence-electron chi connectivity index (χ2n) is 4.49. The van der Waals surface area contributed by atoms with E-state index >= 15 is 0 Å². The number of ether oxygens (including phenoxy) is 1. The zero-order valence-electron chi connectivity index (χ0n) is 9.33. The summed E-state index contributed by atoms with van der Waals surface area (Å²) >= 11 is 0. The molecule has 1 heterocycles. The van der Waals surface area contributed by atoms with E-state index in [2.05, 4.69) is 5.32 Å². The van der Waals surface area contributed by atoms with E-state index in [-0.39, 0.29) is 23.9 Å². The Morgan fingerprint density at radius 3 is 2.65 bits per heavy atom. The van der Waals surface area contributed by atoms with Crippen molar-refractivity contribution >= 4 is 11.9 Å².